The molecule has 8 nitrogen and oxygen atoms in total. The number of esters is 1. The second kappa shape index (κ2) is 10.6. The predicted octanol–water partition coefficient (Wildman–Crippen LogP) is 4.15. The number of amides is 1. The van der Waals surface area contributed by atoms with E-state index in [1.807, 2.05) is 0 Å². The van der Waals surface area contributed by atoms with Crippen LogP contribution < -0.4 is 15.6 Å². The summed E-state index contributed by atoms with van der Waals surface area (Å²) >= 11 is 0. The number of anilines is 1. The molecule has 4 rings (SSSR count). The van der Waals surface area contributed by atoms with Gasteiger partial charge in [-0.05, 0) is 29.8 Å². The number of hydrogen-bond donors (Lipinski definition) is 1. The molecule has 0 bridgehead atoms. The molecule has 3 aromatic carbocycles. The van der Waals surface area contributed by atoms with Gasteiger partial charge in [-0.1, -0.05) is 48.5 Å². The molecule has 0 unspecified atom stereocenters. The molecule has 0 aliphatic heterocycles. The zero-order valence-corrected chi connectivity index (χ0v) is 19.5. The Morgan fingerprint density at radius 2 is 1.72 bits per heavy atom. The molecule has 1 heterocycles. The van der Waals surface area contributed by atoms with E-state index in [9.17, 15) is 18.8 Å². The van der Waals surface area contributed by atoms with E-state index < -0.39 is 29.8 Å². The molecule has 0 saturated heterocycles. The molecule has 9 heteroatoms. The number of halogens is 1. The zero-order valence-electron chi connectivity index (χ0n) is 19.5. The number of benzene rings is 3. The van der Waals surface area contributed by atoms with E-state index in [1.54, 1.807) is 54.6 Å². The Morgan fingerprint density at radius 3 is 2.42 bits per heavy atom. The summed E-state index contributed by atoms with van der Waals surface area (Å²) in [7, 11) is 2.72. The molecular weight excluding hydrogens is 465 g/mol. The van der Waals surface area contributed by atoms with E-state index in [0.29, 0.717) is 22.4 Å². The van der Waals surface area contributed by atoms with Gasteiger partial charge < -0.3 is 14.8 Å². The fourth-order valence-electron chi connectivity index (χ4n) is 3.61. The maximum atomic E-state index is 14.9. The highest BCUT2D eigenvalue weighted by atomic mass is 19.1. The van der Waals surface area contributed by atoms with E-state index in [-0.39, 0.29) is 17.1 Å². The van der Waals surface area contributed by atoms with Crippen LogP contribution >= 0.6 is 0 Å². The van der Waals surface area contributed by atoms with Crippen molar-refractivity contribution in [2.24, 2.45) is 0 Å². The van der Waals surface area contributed by atoms with Crippen molar-refractivity contribution in [1.82, 2.24) is 9.55 Å². The Labute approximate surface area is 206 Å². The zero-order chi connectivity index (χ0) is 25.7. The first kappa shape index (κ1) is 24.3. The van der Waals surface area contributed by atoms with Gasteiger partial charge in [-0.25, -0.2) is 9.37 Å². The minimum absolute atomic E-state index is 0.00481. The Bertz CT molecular complexity index is 1480. The number of hydrogen-bond acceptors (Lipinski definition) is 6. The summed E-state index contributed by atoms with van der Waals surface area (Å²) in [4.78, 5) is 42.2. The number of methoxy groups -OCH3 is 2. The van der Waals surface area contributed by atoms with E-state index in [2.05, 4.69) is 10.3 Å². The lowest BCUT2D eigenvalue weighted by Gasteiger charge is -2.14. The molecule has 1 aromatic heterocycles. The smallest absolute Gasteiger partial charge is 0.325 e. The number of rotatable bonds is 7. The third-order valence-electron chi connectivity index (χ3n) is 5.45. The van der Waals surface area contributed by atoms with Gasteiger partial charge in [0.2, 0.25) is 0 Å². The number of carbonyl (C=O) groups is 2. The van der Waals surface area contributed by atoms with Crippen LogP contribution in [0.3, 0.4) is 0 Å². The summed E-state index contributed by atoms with van der Waals surface area (Å²) in [5.74, 6) is -1.17. The molecule has 0 aliphatic carbocycles. The highest BCUT2D eigenvalue weighted by Gasteiger charge is 2.18. The van der Waals surface area contributed by atoms with Gasteiger partial charge in [0.25, 0.3) is 11.5 Å². The van der Waals surface area contributed by atoms with Crippen LogP contribution in [0.25, 0.3) is 22.5 Å². The largest absolute Gasteiger partial charge is 0.497 e. The average Bonchev–Trinajstić information content (AvgIpc) is 2.91. The quantitative estimate of drug-likeness (QED) is 0.393. The lowest BCUT2D eigenvalue weighted by molar-refractivity contribution is -0.141. The minimum atomic E-state index is -0.706. The monoisotopic (exact) mass is 487 g/mol. The topological polar surface area (TPSA) is 99.5 Å². The molecule has 0 radical (unpaired) electrons. The SMILES string of the molecule is COC(=O)Cn1c(-c2ccccc2)ncc(NC(=O)c2ccc(-c3cccc(OC)c3)c(F)c2)c1=O. The second-order valence-electron chi connectivity index (χ2n) is 7.71. The van der Waals surface area contributed by atoms with Crippen molar-refractivity contribution >= 4 is 17.6 Å². The van der Waals surface area contributed by atoms with Crippen LogP contribution in [0.4, 0.5) is 10.1 Å². The third kappa shape index (κ3) is 5.15. The molecular formula is C27H22FN3O5. The fraction of sp³-hybridized carbons (Fsp3) is 0.111. The lowest BCUT2D eigenvalue weighted by Crippen LogP contribution is -2.30. The van der Waals surface area contributed by atoms with Crippen LogP contribution in [0.1, 0.15) is 10.4 Å². The van der Waals surface area contributed by atoms with Crippen molar-refractivity contribution in [2.75, 3.05) is 19.5 Å². The molecule has 1 N–H and O–H groups in total. The Hall–Kier alpha value is -4.79. The van der Waals surface area contributed by atoms with Crippen LogP contribution in [0.15, 0.2) is 83.8 Å². The second-order valence-corrected chi connectivity index (χ2v) is 7.71. The van der Waals surface area contributed by atoms with Crippen molar-refractivity contribution in [3.05, 3.63) is 101 Å². The van der Waals surface area contributed by atoms with Gasteiger partial charge in [0.1, 0.15) is 29.6 Å². The molecule has 0 aliphatic rings. The van der Waals surface area contributed by atoms with Crippen LogP contribution in [-0.4, -0.2) is 35.6 Å². The van der Waals surface area contributed by atoms with Crippen LogP contribution in [-0.2, 0) is 16.1 Å². The Kier molecular flexibility index (Phi) is 7.20. The van der Waals surface area contributed by atoms with E-state index in [4.69, 9.17) is 9.47 Å². The highest BCUT2D eigenvalue weighted by Crippen LogP contribution is 2.27. The van der Waals surface area contributed by atoms with Gasteiger partial charge >= 0.3 is 5.97 Å². The molecule has 1 amide bonds. The van der Waals surface area contributed by atoms with Gasteiger partial charge in [0.15, 0.2) is 0 Å². The summed E-state index contributed by atoms with van der Waals surface area (Å²) in [5.41, 5.74) is 0.665. The number of nitrogens with one attached hydrogen (secondary N) is 1. The van der Waals surface area contributed by atoms with Crippen LogP contribution in [0.5, 0.6) is 5.75 Å². The summed E-state index contributed by atoms with van der Waals surface area (Å²) in [5, 5.41) is 2.47. The van der Waals surface area contributed by atoms with Gasteiger partial charge in [-0.15, -0.1) is 0 Å². The van der Waals surface area contributed by atoms with E-state index in [1.165, 1.54) is 32.5 Å². The molecule has 36 heavy (non-hydrogen) atoms. The van der Waals surface area contributed by atoms with Gasteiger partial charge in [0.05, 0.1) is 20.4 Å². The molecule has 182 valence electrons. The minimum Gasteiger partial charge on any atom is -0.497 e. The Balaban J connectivity index is 1.64. The standard InChI is InChI=1S/C27H22FN3O5/c1-35-20-10-6-9-18(13-20)21-12-11-19(14-22(21)28)26(33)30-23-15-29-25(17-7-4-3-5-8-17)31(27(23)34)16-24(32)36-2/h3-15H,16H2,1-2H3,(H,30,33). The van der Waals surface area contributed by atoms with Crippen molar-refractivity contribution < 1.29 is 23.5 Å². The molecule has 0 spiro atoms. The highest BCUT2D eigenvalue weighted by molar-refractivity contribution is 6.04. The molecule has 0 saturated carbocycles. The number of aromatic nitrogens is 2. The van der Waals surface area contributed by atoms with Crippen molar-refractivity contribution in [1.29, 1.82) is 0 Å². The average molecular weight is 487 g/mol. The number of ether oxygens (including phenoxy) is 2. The molecule has 0 atom stereocenters. The van der Waals surface area contributed by atoms with Crippen molar-refractivity contribution in [2.45, 2.75) is 6.54 Å². The summed E-state index contributed by atoms with van der Waals surface area (Å²) in [6.45, 7) is -0.403. The van der Waals surface area contributed by atoms with Crippen molar-refractivity contribution in [3.63, 3.8) is 0 Å². The summed E-state index contributed by atoms with van der Waals surface area (Å²) in [6, 6.07) is 19.7. The van der Waals surface area contributed by atoms with Crippen LogP contribution in [0, 0.1) is 5.82 Å². The first-order valence-corrected chi connectivity index (χ1v) is 10.9. The van der Waals surface area contributed by atoms with Gasteiger partial charge in [0, 0.05) is 16.7 Å². The molecule has 0 fully saturated rings. The number of carbonyl (C=O) groups excluding carboxylic acids is 2. The third-order valence-corrected chi connectivity index (χ3v) is 5.45. The first-order valence-electron chi connectivity index (χ1n) is 10.9. The fourth-order valence-corrected chi connectivity index (χ4v) is 3.61. The maximum absolute atomic E-state index is 14.9. The maximum Gasteiger partial charge on any atom is 0.325 e. The summed E-state index contributed by atoms with van der Waals surface area (Å²) < 4.78 is 25.9. The predicted molar refractivity (Wildman–Crippen MR) is 132 cm³/mol. The lowest BCUT2D eigenvalue weighted by atomic mass is 10.0. The summed E-state index contributed by atoms with van der Waals surface area (Å²) in [6.07, 6.45) is 1.21. The van der Waals surface area contributed by atoms with Gasteiger partial charge in [-0.2, -0.15) is 0 Å². The molecule has 4 aromatic rings. The Morgan fingerprint density at radius 1 is 0.972 bits per heavy atom. The van der Waals surface area contributed by atoms with E-state index in [0.717, 1.165) is 10.6 Å². The van der Waals surface area contributed by atoms with Gasteiger partial charge in [-0.3, -0.25) is 19.0 Å². The van der Waals surface area contributed by atoms with E-state index >= 15 is 0 Å². The first-order chi connectivity index (χ1) is 17.4. The normalized spacial score (nSPS) is 10.5. The van der Waals surface area contributed by atoms with Crippen molar-refractivity contribution in [3.8, 4) is 28.3 Å². The number of nitrogens with zero attached hydrogens (tertiary/aromatic N) is 2. The van der Waals surface area contributed by atoms with Crippen LogP contribution in [0.2, 0.25) is 0 Å².